The van der Waals surface area contributed by atoms with Crippen LogP contribution in [-0.2, 0) is 14.3 Å². The minimum absolute atomic E-state index is 0.268. The summed E-state index contributed by atoms with van der Waals surface area (Å²) in [5.74, 6) is -2.84. The van der Waals surface area contributed by atoms with Gasteiger partial charge in [-0.05, 0) is 25.1 Å². The number of aromatic nitrogens is 1. The first-order valence-electron chi connectivity index (χ1n) is 6.59. The van der Waals surface area contributed by atoms with Gasteiger partial charge in [0.05, 0.1) is 28.8 Å². The van der Waals surface area contributed by atoms with E-state index in [4.69, 9.17) is 14.9 Å². The highest BCUT2D eigenvalue weighted by molar-refractivity contribution is 8.02. The number of carbonyl (C=O) groups excluding carboxylic acids is 1. The lowest BCUT2D eigenvalue weighted by Gasteiger charge is -2.06. The van der Waals surface area contributed by atoms with Crippen molar-refractivity contribution in [3.63, 3.8) is 0 Å². The molecule has 7 nitrogen and oxygen atoms in total. The molecule has 1 unspecified atom stereocenters. The number of aliphatic carboxylic acids is 2. The van der Waals surface area contributed by atoms with Crippen LogP contribution in [0.15, 0.2) is 22.5 Å². The number of esters is 1. The van der Waals surface area contributed by atoms with Crippen LogP contribution in [-0.4, -0.2) is 45.0 Å². The fourth-order valence-electron chi connectivity index (χ4n) is 1.76. The molecule has 0 bridgehead atoms. The quantitative estimate of drug-likeness (QED) is 0.575. The van der Waals surface area contributed by atoms with Crippen LogP contribution in [0.3, 0.4) is 0 Å². The Labute approximate surface area is 139 Å². The zero-order valence-electron chi connectivity index (χ0n) is 12.0. The Hall–Kier alpha value is -2.13. The summed E-state index contributed by atoms with van der Waals surface area (Å²) in [6, 6.07) is 4.88. The molecule has 23 heavy (non-hydrogen) atoms. The zero-order chi connectivity index (χ0) is 17.0. The number of hydrogen-bond donors (Lipinski definition) is 2. The van der Waals surface area contributed by atoms with Crippen molar-refractivity contribution in [3.8, 4) is 0 Å². The molecule has 9 heteroatoms. The summed E-state index contributed by atoms with van der Waals surface area (Å²) in [5.41, 5.74) is 0.907. The molecule has 0 fully saturated rings. The molecule has 0 aliphatic rings. The van der Waals surface area contributed by atoms with Gasteiger partial charge in [-0.3, -0.25) is 9.59 Å². The van der Waals surface area contributed by atoms with E-state index in [0.717, 1.165) is 16.5 Å². The van der Waals surface area contributed by atoms with Crippen molar-refractivity contribution in [2.45, 2.75) is 22.9 Å². The van der Waals surface area contributed by atoms with Crippen molar-refractivity contribution in [1.82, 2.24) is 4.98 Å². The van der Waals surface area contributed by atoms with Crippen molar-refractivity contribution < 1.29 is 29.3 Å². The summed E-state index contributed by atoms with van der Waals surface area (Å²) in [4.78, 5) is 37.8. The maximum Gasteiger partial charge on any atom is 0.338 e. The van der Waals surface area contributed by atoms with Crippen molar-refractivity contribution >= 4 is 51.2 Å². The average molecular weight is 355 g/mol. The van der Waals surface area contributed by atoms with E-state index in [1.165, 1.54) is 11.3 Å². The lowest BCUT2D eigenvalue weighted by atomic mass is 10.2. The largest absolute Gasteiger partial charge is 0.481 e. The molecule has 2 rings (SSSR count). The molecule has 0 saturated heterocycles. The maximum absolute atomic E-state index is 11.7. The number of fused-ring (bicyclic) bond motifs is 1. The van der Waals surface area contributed by atoms with Crippen LogP contribution in [0.4, 0.5) is 0 Å². The Bertz CT molecular complexity index is 757. The molecular formula is C14H13NO6S2. The van der Waals surface area contributed by atoms with Gasteiger partial charge in [-0.2, -0.15) is 0 Å². The highest BCUT2D eigenvalue weighted by Gasteiger charge is 2.24. The molecule has 0 aliphatic heterocycles. The Morgan fingerprint density at radius 1 is 1.35 bits per heavy atom. The van der Waals surface area contributed by atoms with Crippen molar-refractivity contribution in [2.75, 3.05) is 6.61 Å². The van der Waals surface area contributed by atoms with E-state index < -0.39 is 29.6 Å². The topological polar surface area (TPSA) is 114 Å². The van der Waals surface area contributed by atoms with E-state index >= 15 is 0 Å². The number of ether oxygens (including phenoxy) is 1. The molecular weight excluding hydrogens is 342 g/mol. The molecule has 0 saturated carbocycles. The number of thiazole rings is 1. The molecule has 0 amide bonds. The van der Waals surface area contributed by atoms with Crippen LogP contribution in [0, 0.1) is 0 Å². The van der Waals surface area contributed by atoms with E-state index in [-0.39, 0.29) is 6.61 Å². The van der Waals surface area contributed by atoms with Crippen LogP contribution in [0.25, 0.3) is 10.2 Å². The van der Waals surface area contributed by atoms with Crippen molar-refractivity contribution in [1.29, 1.82) is 0 Å². The van der Waals surface area contributed by atoms with E-state index in [2.05, 4.69) is 4.98 Å². The summed E-state index contributed by atoms with van der Waals surface area (Å²) in [6.45, 7) is 1.98. The number of hydrogen-bond acceptors (Lipinski definition) is 7. The molecule has 122 valence electrons. The Morgan fingerprint density at radius 3 is 2.70 bits per heavy atom. The average Bonchev–Trinajstić information content (AvgIpc) is 2.87. The minimum atomic E-state index is -1.20. The third kappa shape index (κ3) is 4.42. The molecule has 2 N–H and O–H groups in total. The van der Waals surface area contributed by atoms with Gasteiger partial charge in [-0.1, -0.05) is 11.8 Å². The van der Waals surface area contributed by atoms with Gasteiger partial charge in [0.1, 0.15) is 5.25 Å². The first kappa shape index (κ1) is 17.2. The molecule has 0 aliphatic carbocycles. The molecule has 1 heterocycles. The van der Waals surface area contributed by atoms with Gasteiger partial charge >= 0.3 is 17.9 Å². The van der Waals surface area contributed by atoms with Crippen LogP contribution >= 0.6 is 23.1 Å². The second-order valence-corrected chi connectivity index (χ2v) is 6.91. The first-order valence-corrected chi connectivity index (χ1v) is 8.29. The molecule has 0 spiro atoms. The van der Waals surface area contributed by atoms with E-state index in [9.17, 15) is 14.4 Å². The second-order valence-electron chi connectivity index (χ2n) is 4.43. The van der Waals surface area contributed by atoms with E-state index in [1.807, 2.05) is 0 Å². The lowest BCUT2D eigenvalue weighted by Crippen LogP contribution is -2.20. The van der Waals surface area contributed by atoms with Crippen LogP contribution in [0.1, 0.15) is 23.7 Å². The maximum atomic E-state index is 11.7. The van der Waals surface area contributed by atoms with Gasteiger partial charge in [0.2, 0.25) is 0 Å². The molecule has 1 aromatic heterocycles. The molecule has 1 aromatic carbocycles. The van der Waals surface area contributed by atoms with Crippen LogP contribution in [0.2, 0.25) is 0 Å². The number of benzene rings is 1. The molecule has 1 atom stereocenters. The number of carbonyl (C=O) groups is 3. The summed E-state index contributed by atoms with van der Waals surface area (Å²) >= 11 is 2.13. The Balaban J connectivity index is 2.24. The molecule has 0 radical (unpaired) electrons. The van der Waals surface area contributed by atoms with Crippen molar-refractivity contribution in [2.24, 2.45) is 0 Å². The number of carboxylic acids is 2. The highest BCUT2D eigenvalue weighted by Crippen LogP contribution is 2.33. The predicted octanol–water partition coefficient (Wildman–Crippen LogP) is 2.49. The minimum Gasteiger partial charge on any atom is -0.481 e. The lowest BCUT2D eigenvalue weighted by molar-refractivity contribution is -0.142. The Kier molecular flexibility index (Phi) is 5.56. The SMILES string of the molecule is CCOC(=O)c1ccc2sc(SC(CC(=O)O)C(=O)O)nc2c1. The Morgan fingerprint density at radius 2 is 2.09 bits per heavy atom. The third-order valence-corrected chi connectivity index (χ3v) is 5.07. The summed E-state index contributed by atoms with van der Waals surface area (Å²) < 4.78 is 6.13. The first-order chi connectivity index (χ1) is 10.9. The number of thioether (sulfide) groups is 1. The number of nitrogens with zero attached hydrogens (tertiary/aromatic N) is 1. The van der Waals surface area contributed by atoms with Crippen molar-refractivity contribution in [3.05, 3.63) is 23.8 Å². The van der Waals surface area contributed by atoms with Gasteiger partial charge in [0.15, 0.2) is 4.34 Å². The van der Waals surface area contributed by atoms with Crippen LogP contribution in [0.5, 0.6) is 0 Å². The van der Waals surface area contributed by atoms with E-state index in [0.29, 0.717) is 15.4 Å². The van der Waals surface area contributed by atoms with Crippen LogP contribution < -0.4 is 0 Å². The standard InChI is InChI=1S/C14H13NO6S2/c1-2-21-13(20)7-3-4-9-8(5-7)15-14(22-9)23-10(12(18)19)6-11(16)17/h3-5,10H,2,6H2,1H3,(H,16,17)(H,18,19). The summed E-state index contributed by atoms with van der Waals surface area (Å²) in [6.07, 6.45) is -0.496. The number of carboxylic acid groups (broad SMARTS) is 2. The second kappa shape index (κ2) is 7.42. The zero-order valence-corrected chi connectivity index (χ0v) is 13.6. The van der Waals surface area contributed by atoms with Gasteiger partial charge in [0.25, 0.3) is 0 Å². The van der Waals surface area contributed by atoms with Gasteiger partial charge < -0.3 is 14.9 Å². The monoisotopic (exact) mass is 355 g/mol. The smallest absolute Gasteiger partial charge is 0.338 e. The fraction of sp³-hybridized carbons (Fsp3) is 0.286. The third-order valence-electron chi connectivity index (χ3n) is 2.76. The predicted molar refractivity (Wildman–Crippen MR) is 85.1 cm³/mol. The van der Waals surface area contributed by atoms with Gasteiger partial charge in [-0.15, -0.1) is 11.3 Å². The summed E-state index contributed by atoms with van der Waals surface area (Å²) in [5, 5.41) is 16.7. The van der Waals surface area contributed by atoms with Gasteiger partial charge in [-0.25, -0.2) is 9.78 Å². The van der Waals surface area contributed by atoms with E-state index in [1.54, 1.807) is 25.1 Å². The molecule has 2 aromatic rings. The highest BCUT2D eigenvalue weighted by atomic mass is 32.2. The van der Waals surface area contributed by atoms with Gasteiger partial charge in [0, 0.05) is 0 Å². The summed E-state index contributed by atoms with van der Waals surface area (Å²) in [7, 11) is 0. The normalized spacial score (nSPS) is 12.0. The number of rotatable bonds is 7. The fourth-order valence-corrected chi connectivity index (χ4v) is 3.97.